The van der Waals surface area contributed by atoms with Crippen LogP contribution >= 0.6 is 0 Å². The third-order valence-corrected chi connectivity index (χ3v) is 4.35. The molecule has 1 unspecified atom stereocenters. The Kier molecular flexibility index (Phi) is 3.72. The van der Waals surface area contributed by atoms with Gasteiger partial charge in [0.25, 0.3) is 0 Å². The van der Waals surface area contributed by atoms with Gasteiger partial charge in [0.15, 0.2) is 0 Å². The van der Waals surface area contributed by atoms with Crippen LogP contribution < -0.4 is 4.90 Å². The van der Waals surface area contributed by atoms with Crippen molar-refractivity contribution in [3.05, 3.63) is 48.3 Å². The summed E-state index contributed by atoms with van der Waals surface area (Å²) in [5.74, 6) is 0. The lowest BCUT2D eigenvalue weighted by Crippen LogP contribution is -2.36. The SMILES string of the molecule is CCC(C)N1CCCc2cc(-c3cccnc3)ccc21. The Bertz CT molecular complexity index is 577. The third kappa shape index (κ3) is 2.43. The lowest BCUT2D eigenvalue weighted by Gasteiger charge is -2.36. The molecular weight excluding hydrogens is 244 g/mol. The predicted octanol–water partition coefficient (Wildman–Crippen LogP) is 4.30. The highest BCUT2D eigenvalue weighted by Gasteiger charge is 2.20. The van der Waals surface area contributed by atoms with E-state index in [9.17, 15) is 0 Å². The number of hydrogen-bond donors (Lipinski definition) is 0. The fraction of sp³-hybridized carbons (Fsp3) is 0.389. The zero-order valence-electron chi connectivity index (χ0n) is 12.3. The van der Waals surface area contributed by atoms with E-state index in [0.29, 0.717) is 6.04 Å². The van der Waals surface area contributed by atoms with Crippen LogP contribution in [-0.2, 0) is 6.42 Å². The molecule has 2 heteroatoms. The van der Waals surface area contributed by atoms with Crippen LogP contribution in [0.3, 0.4) is 0 Å². The van der Waals surface area contributed by atoms with E-state index in [4.69, 9.17) is 0 Å². The van der Waals surface area contributed by atoms with Gasteiger partial charge in [0.2, 0.25) is 0 Å². The first-order chi connectivity index (χ1) is 9.79. The van der Waals surface area contributed by atoms with E-state index in [2.05, 4.69) is 48.0 Å². The summed E-state index contributed by atoms with van der Waals surface area (Å²) in [6.45, 7) is 5.78. The van der Waals surface area contributed by atoms with Crippen molar-refractivity contribution in [1.29, 1.82) is 0 Å². The highest BCUT2D eigenvalue weighted by Crippen LogP contribution is 2.32. The molecular formula is C18H22N2. The molecule has 0 saturated carbocycles. The molecule has 1 aromatic heterocycles. The Morgan fingerprint density at radius 1 is 1.25 bits per heavy atom. The van der Waals surface area contributed by atoms with Crippen LogP contribution in [0.15, 0.2) is 42.7 Å². The summed E-state index contributed by atoms with van der Waals surface area (Å²) in [7, 11) is 0. The average Bonchev–Trinajstić information content (AvgIpc) is 2.54. The van der Waals surface area contributed by atoms with E-state index < -0.39 is 0 Å². The van der Waals surface area contributed by atoms with E-state index in [1.54, 1.807) is 0 Å². The Labute approximate surface area is 121 Å². The molecule has 2 heterocycles. The Hall–Kier alpha value is -1.83. The summed E-state index contributed by atoms with van der Waals surface area (Å²) in [6, 6.07) is 11.6. The second kappa shape index (κ2) is 5.66. The second-order valence-electron chi connectivity index (χ2n) is 5.64. The minimum Gasteiger partial charge on any atom is -0.369 e. The molecule has 0 amide bonds. The maximum absolute atomic E-state index is 4.22. The Morgan fingerprint density at radius 2 is 2.15 bits per heavy atom. The van der Waals surface area contributed by atoms with E-state index >= 15 is 0 Å². The number of benzene rings is 1. The molecule has 0 spiro atoms. The second-order valence-corrected chi connectivity index (χ2v) is 5.64. The molecule has 20 heavy (non-hydrogen) atoms. The molecule has 0 bridgehead atoms. The molecule has 2 nitrogen and oxygen atoms in total. The first kappa shape index (κ1) is 13.2. The highest BCUT2D eigenvalue weighted by atomic mass is 15.2. The van der Waals surface area contributed by atoms with Gasteiger partial charge in [-0.1, -0.05) is 19.1 Å². The fourth-order valence-electron chi connectivity index (χ4n) is 3.02. The van der Waals surface area contributed by atoms with Gasteiger partial charge in [0.05, 0.1) is 0 Å². The topological polar surface area (TPSA) is 16.1 Å². The minimum absolute atomic E-state index is 0.623. The third-order valence-electron chi connectivity index (χ3n) is 4.35. The number of anilines is 1. The summed E-state index contributed by atoms with van der Waals surface area (Å²) >= 11 is 0. The van der Waals surface area contributed by atoms with Gasteiger partial charge in [-0.3, -0.25) is 4.98 Å². The number of aryl methyl sites for hydroxylation is 1. The summed E-state index contributed by atoms with van der Waals surface area (Å²) in [4.78, 5) is 6.78. The highest BCUT2D eigenvalue weighted by molar-refractivity contribution is 5.69. The number of nitrogens with zero attached hydrogens (tertiary/aromatic N) is 2. The Balaban J connectivity index is 1.97. The van der Waals surface area contributed by atoms with Crippen LogP contribution in [0.1, 0.15) is 32.3 Å². The zero-order valence-corrected chi connectivity index (χ0v) is 12.3. The molecule has 0 fully saturated rings. The van der Waals surface area contributed by atoms with Crippen LogP contribution in [-0.4, -0.2) is 17.6 Å². The van der Waals surface area contributed by atoms with Crippen LogP contribution in [0.4, 0.5) is 5.69 Å². The largest absolute Gasteiger partial charge is 0.369 e. The van der Waals surface area contributed by atoms with Crippen molar-refractivity contribution in [2.75, 3.05) is 11.4 Å². The van der Waals surface area contributed by atoms with Gasteiger partial charge in [0.1, 0.15) is 0 Å². The van der Waals surface area contributed by atoms with Gasteiger partial charge in [-0.25, -0.2) is 0 Å². The van der Waals surface area contributed by atoms with Crippen molar-refractivity contribution in [3.8, 4) is 11.1 Å². The van der Waals surface area contributed by atoms with E-state index in [0.717, 1.165) is 0 Å². The smallest absolute Gasteiger partial charge is 0.0401 e. The van der Waals surface area contributed by atoms with Crippen molar-refractivity contribution in [1.82, 2.24) is 4.98 Å². The lowest BCUT2D eigenvalue weighted by molar-refractivity contribution is 0.580. The Morgan fingerprint density at radius 3 is 2.90 bits per heavy atom. The molecule has 1 aliphatic heterocycles. The summed E-state index contributed by atoms with van der Waals surface area (Å²) in [6.07, 6.45) is 7.41. The quantitative estimate of drug-likeness (QED) is 0.823. The fourth-order valence-corrected chi connectivity index (χ4v) is 3.02. The molecule has 104 valence electrons. The van der Waals surface area contributed by atoms with Gasteiger partial charge < -0.3 is 4.90 Å². The van der Waals surface area contributed by atoms with E-state index in [-0.39, 0.29) is 0 Å². The van der Waals surface area contributed by atoms with Gasteiger partial charge in [0, 0.05) is 30.7 Å². The maximum atomic E-state index is 4.22. The van der Waals surface area contributed by atoms with Gasteiger partial charge in [-0.2, -0.15) is 0 Å². The van der Waals surface area contributed by atoms with Crippen molar-refractivity contribution < 1.29 is 0 Å². The standard InChI is InChI=1S/C18H22N2/c1-3-14(2)20-11-5-7-16-12-15(8-9-18(16)20)17-6-4-10-19-13-17/h4,6,8-10,12-14H,3,5,7,11H2,1-2H3. The van der Waals surface area contributed by atoms with Gasteiger partial charge in [-0.15, -0.1) is 0 Å². The number of pyridine rings is 1. The first-order valence-electron chi connectivity index (χ1n) is 7.59. The van der Waals surface area contributed by atoms with Crippen molar-refractivity contribution in [2.24, 2.45) is 0 Å². The molecule has 3 rings (SSSR count). The van der Waals surface area contributed by atoms with Crippen LogP contribution in [0, 0.1) is 0 Å². The van der Waals surface area contributed by atoms with Crippen molar-refractivity contribution in [2.45, 2.75) is 39.2 Å². The van der Waals surface area contributed by atoms with Crippen LogP contribution in [0.5, 0.6) is 0 Å². The molecule has 1 atom stereocenters. The van der Waals surface area contributed by atoms with E-state index in [1.807, 2.05) is 18.5 Å². The van der Waals surface area contributed by atoms with Crippen molar-refractivity contribution >= 4 is 5.69 Å². The normalized spacial score (nSPS) is 15.8. The lowest BCUT2D eigenvalue weighted by atomic mass is 9.95. The summed E-state index contributed by atoms with van der Waals surface area (Å²) < 4.78 is 0. The molecule has 0 saturated heterocycles. The number of fused-ring (bicyclic) bond motifs is 1. The van der Waals surface area contributed by atoms with E-state index in [1.165, 1.54) is 48.2 Å². The summed E-state index contributed by atoms with van der Waals surface area (Å²) in [5.41, 5.74) is 5.40. The maximum Gasteiger partial charge on any atom is 0.0401 e. The number of aromatic nitrogens is 1. The number of rotatable bonds is 3. The van der Waals surface area contributed by atoms with Crippen LogP contribution in [0.25, 0.3) is 11.1 Å². The number of hydrogen-bond acceptors (Lipinski definition) is 2. The minimum atomic E-state index is 0.623. The summed E-state index contributed by atoms with van der Waals surface area (Å²) in [5, 5.41) is 0. The molecule has 1 aromatic carbocycles. The van der Waals surface area contributed by atoms with Gasteiger partial charge in [-0.05, 0) is 61.1 Å². The molecule has 0 aliphatic carbocycles. The molecule has 1 aliphatic rings. The molecule has 2 aromatic rings. The van der Waals surface area contributed by atoms with Crippen LogP contribution in [0.2, 0.25) is 0 Å². The molecule has 0 radical (unpaired) electrons. The zero-order chi connectivity index (χ0) is 13.9. The monoisotopic (exact) mass is 266 g/mol. The predicted molar refractivity (Wildman–Crippen MR) is 85.1 cm³/mol. The van der Waals surface area contributed by atoms with Crippen molar-refractivity contribution in [3.63, 3.8) is 0 Å². The average molecular weight is 266 g/mol. The first-order valence-corrected chi connectivity index (χ1v) is 7.59. The molecule has 0 N–H and O–H groups in total. The van der Waals surface area contributed by atoms with Gasteiger partial charge >= 0.3 is 0 Å².